The van der Waals surface area contributed by atoms with E-state index in [0.29, 0.717) is 11.8 Å². The molecular weight excluding hydrogens is 212 g/mol. The minimum atomic E-state index is -0.800. The van der Waals surface area contributed by atoms with Gasteiger partial charge >= 0.3 is 5.69 Å². The van der Waals surface area contributed by atoms with Crippen molar-refractivity contribution in [1.29, 1.82) is 5.26 Å². The molecule has 6 heteroatoms. The molecule has 0 amide bonds. The van der Waals surface area contributed by atoms with Crippen molar-refractivity contribution in [3.8, 4) is 11.8 Å². The molecule has 0 heterocycles. The van der Waals surface area contributed by atoms with Gasteiger partial charge in [-0.3, -0.25) is 14.9 Å². The Morgan fingerprint density at radius 3 is 2.69 bits per heavy atom. The maximum atomic E-state index is 10.6. The standard InChI is InChI=1S/C10H6N2O4/c11-3-1-2-7-4-8(6-13)10(14)9(5-7)12(15)16/h1-2,4-6,14H. The molecule has 1 rings (SSSR count). The Balaban J connectivity index is 3.41. The highest BCUT2D eigenvalue weighted by Gasteiger charge is 2.17. The van der Waals surface area contributed by atoms with Crippen LogP contribution < -0.4 is 0 Å². The van der Waals surface area contributed by atoms with Gasteiger partial charge in [0.25, 0.3) is 0 Å². The van der Waals surface area contributed by atoms with Crippen molar-refractivity contribution in [2.24, 2.45) is 0 Å². The Labute approximate surface area is 90.2 Å². The molecule has 1 aromatic carbocycles. The Kier molecular flexibility index (Phi) is 3.35. The zero-order valence-corrected chi connectivity index (χ0v) is 7.95. The molecule has 0 saturated carbocycles. The normalized spacial score (nSPS) is 9.94. The first-order valence-electron chi connectivity index (χ1n) is 4.13. The van der Waals surface area contributed by atoms with Gasteiger partial charge in [0, 0.05) is 12.1 Å². The van der Waals surface area contributed by atoms with Crippen molar-refractivity contribution in [3.05, 3.63) is 39.4 Å². The van der Waals surface area contributed by atoms with Gasteiger partial charge < -0.3 is 5.11 Å². The van der Waals surface area contributed by atoms with Crippen LogP contribution in [0.5, 0.6) is 5.75 Å². The van der Waals surface area contributed by atoms with E-state index in [1.807, 2.05) is 0 Å². The lowest BCUT2D eigenvalue weighted by Crippen LogP contribution is -1.93. The first kappa shape index (κ1) is 11.4. The second kappa shape index (κ2) is 4.70. The average Bonchev–Trinajstić information content (AvgIpc) is 2.27. The highest BCUT2D eigenvalue weighted by Crippen LogP contribution is 2.30. The van der Waals surface area contributed by atoms with Crippen LogP contribution in [0.3, 0.4) is 0 Å². The molecule has 0 atom stereocenters. The van der Waals surface area contributed by atoms with Crippen LogP contribution in [0.15, 0.2) is 18.2 Å². The van der Waals surface area contributed by atoms with E-state index < -0.39 is 16.4 Å². The van der Waals surface area contributed by atoms with Crippen molar-refractivity contribution in [3.63, 3.8) is 0 Å². The monoisotopic (exact) mass is 218 g/mol. The molecule has 0 bridgehead atoms. The Bertz CT molecular complexity index is 514. The lowest BCUT2D eigenvalue weighted by molar-refractivity contribution is -0.385. The summed E-state index contributed by atoms with van der Waals surface area (Å²) in [5.41, 5.74) is -0.456. The van der Waals surface area contributed by atoms with Crippen LogP contribution in [0.4, 0.5) is 5.69 Å². The van der Waals surface area contributed by atoms with E-state index in [9.17, 15) is 20.0 Å². The number of nitrogens with zero attached hydrogens (tertiary/aromatic N) is 2. The molecule has 0 aromatic heterocycles. The number of phenols is 1. The van der Waals surface area contributed by atoms with Gasteiger partial charge in [0.2, 0.25) is 5.75 Å². The molecule has 0 fully saturated rings. The molecule has 6 nitrogen and oxygen atoms in total. The van der Waals surface area contributed by atoms with Crippen LogP contribution >= 0.6 is 0 Å². The van der Waals surface area contributed by atoms with Gasteiger partial charge in [-0.1, -0.05) is 0 Å². The number of rotatable bonds is 3. The molecule has 0 radical (unpaired) electrons. The molecule has 0 aliphatic carbocycles. The molecule has 0 aliphatic rings. The van der Waals surface area contributed by atoms with E-state index >= 15 is 0 Å². The number of hydrogen-bond acceptors (Lipinski definition) is 5. The number of phenolic OH excluding ortho intramolecular Hbond substituents is 1. The van der Waals surface area contributed by atoms with E-state index in [0.717, 1.165) is 12.1 Å². The van der Waals surface area contributed by atoms with Crippen LogP contribution in [0.1, 0.15) is 15.9 Å². The zero-order chi connectivity index (χ0) is 12.1. The van der Waals surface area contributed by atoms with Gasteiger partial charge in [-0.15, -0.1) is 0 Å². The van der Waals surface area contributed by atoms with Crippen LogP contribution in [0.2, 0.25) is 0 Å². The lowest BCUT2D eigenvalue weighted by atomic mass is 10.1. The fraction of sp³-hybridized carbons (Fsp3) is 0. The van der Waals surface area contributed by atoms with Gasteiger partial charge in [-0.25, -0.2) is 0 Å². The van der Waals surface area contributed by atoms with Crippen LogP contribution in [-0.4, -0.2) is 16.3 Å². The minimum absolute atomic E-state index is 0.188. The summed E-state index contributed by atoms with van der Waals surface area (Å²) in [6, 6.07) is 4.05. The highest BCUT2D eigenvalue weighted by molar-refractivity contribution is 5.83. The summed E-state index contributed by atoms with van der Waals surface area (Å²) in [5, 5.41) is 28.2. The molecular formula is C10H6N2O4. The summed E-state index contributed by atoms with van der Waals surface area (Å²) < 4.78 is 0. The van der Waals surface area contributed by atoms with E-state index in [2.05, 4.69) is 0 Å². The van der Waals surface area contributed by atoms with Crippen LogP contribution in [0.25, 0.3) is 6.08 Å². The predicted octanol–water partition coefficient (Wildman–Crippen LogP) is 1.65. The largest absolute Gasteiger partial charge is 0.502 e. The van der Waals surface area contributed by atoms with E-state index in [4.69, 9.17) is 5.26 Å². The number of nitro benzene ring substituents is 1. The Hall–Kier alpha value is -2.68. The number of benzene rings is 1. The van der Waals surface area contributed by atoms with Gasteiger partial charge in [0.1, 0.15) is 0 Å². The number of nitro groups is 1. The number of carbonyl (C=O) groups excluding carboxylic acids is 1. The van der Waals surface area contributed by atoms with E-state index in [1.54, 1.807) is 6.07 Å². The van der Waals surface area contributed by atoms with Gasteiger partial charge in [0.15, 0.2) is 6.29 Å². The summed E-state index contributed by atoms with van der Waals surface area (Å²) in [6.45, 7) is 0. The average molecular weight is 218 g/mol. The van der Waals surface area contributed by atoms with Gasteiger partial charge in [-0.05, 0) is 17.7 Å². The topological polar surface area (TPSA) is 104 Å². The second-order valence-corrected chi connectivity index (χ2v) is 2.82. The third kappa shape index (κ3) is 2.22. The number of aromatic hydroxyl groups is 1. The Morgan fingerprint density at radius 2 is 2.19 bits per heavy atom. The van der Waals surface area contributed by atoms with Crippen molar-refractivity contribution in [2.75, 3.05) is 0 Å². The molecule has 0 saturated heterocycles. The first-order chi connectivity index (χ1) is 7.60. The summed E-state index contributed by atoms with van der Waals surface area (Å²) in [6.07, 6.45) is 2.73. The first-order valence-corrected chi connectivity index (χ1v) is 4.13. The maximum Gasteiger partial charge on any atom is 0.312 e. The lowest BCUT2D eigenvalue weighted by Gasteiger charge is -2.00. The van der Waals surface area contributed by atoms with Gasteiger partial charge in [-0.2, -0.15) is 5.26 Å². The van der Waals surface area contributed by atoms with Crippen LogP contribution in [0, 0.1) is 21.4 Å². The molecule has 80 valence electrons. The summed E-state index contributed by atoms with van der Waals surface area (Å²) in [7, 11) is 0. The molecule has 0 spiro atoms. The third-order valence-corrected chi connectivity index (χ3v) is 1.82. The fourth-order valence-corrected chi connectivity index (χ4v) is 1.12. The second-order valence-electron chi connectivity index (χ2n) is 2.82. The summed E-state index contributed by atoms with van der Waals surface area (Å²) in [5.74, 6) is -0.672. The van der Waals surface area contributed by atoms with Gasteiger partial charge in [0.05, 0.1) is 16.6 Å². The number of nitriles is 1. The number of hydrogen-bond donors (Lipinski definition) is 1. The highest BCUT2D eigenvalue weighted by atomic mass is 16.6. The SMILES string of the molecule is N#CC=Cc1cc(C=O)c(O)c([N+](=O)[O-])c1. The number of carbonyl (C=O) groups is 1. The zero-order valence-electron chi connectivity index (χ0n) is 7.95. The molecule has 0 unspecified atom stereocenters. The predicted molar refractivity (Wildman–Crippen MR) is 54.8 cm³/mol. The van der Waals surface area contributed by atoms with Crippen molar-refractivity contribution >= 4 is 18.0 Å². The third-order valence-electron chi connectivity index (χ3n) is 1.82. The molecule has 16 heavy (non-hydrogen) atoms. The molecule has 1 aromatic rings. The number of aldehydes is 1. The van der Waals surface area contributed by atoms with Crippen molar-refractivity contribution in [2.45, 2.75) is 0 Å². The quantitative estimate of drug-likeness (QED) is 0.359. The van der Waals surface area contributed by atoms with E-state index in [1.165, 1.54) is 12.1 Å². The van der Waals surface area contributed by atoms with E-state index in [-0.39, 0.29) is 5.56 Å². The van der Waals surface area contributed by atoms with Crippen molar-refractivity contribution < 1.29 is 14.8 Å². The maximum absolute atomic E-state index is 10.6. The molecule has 0 aliphatic heterocycles. The molecule has 1 N–H and O–H groups in total. The van der Waals surface area contributed by atoms with Crippen LogP contribution in [-0.2, 0) is 0 Å². The summed E-state index contributed by atoms with van der Waals surface area (Å²) >= 11 is 0. The number of allylic oxidation sites excluding steroid dienone is 1. The van der Waals surface area contributed by atoms with Crippen molar-refractivity contribution in [1.82, 2.24) is 0 Å². The smallest absolute Gasteiger partial charge is 0.312 e. The summed E-state index contributed by atoms with van der Waals surface area (Å²) in [4.78, 5) is 20.3. The Morgan fingerprint density at radius 1 is 1.50 bits per heavy atom. The minimum Gasteiger partial charge on any atom is -0.502 e. The fourth-order valence-electron chi connectivity index (χ4n) is 1.12.